The summed E-state index contributed by atoms with van der Waals surface area (Å²) in [6, 6.07) is 7.35. The second kappa shape index (κ2) is 2.44. The van der Waals surface area contributed by atoms with Gasteiger partial charge in [0, 0.05) is 14.7 Å². The molecule has 2 aromatic rings. The third-order valence-corrected chi connectivity index (χ3v) is 2.04. The lowest BCUT2D eigenvalue weighted by atomic mass is 10.3. The van der Waals surface area contributed by atoms with Gasteiger partial charge in [-0.2, -0.15) is 0 Å². The predicted molar refractivity (Wildman–Crippen MR) is 41.6 cm³/mol. The summed E-state index contributed by atoms with van der Waals surface area (Å²) in [6.45, 7) is 0. The Bertz CT molecular complexity index is 437. The van der Waals surface area contributed by atoms with Crippen LogP contribution in [0.5, 0.6) is 0 Å². The van der Waals surface area contributed by atoms with Crippen molar-refractivity contribution in [3.63, 3.8) is 0 Å². The van der Waals surface area contributed by atoms with E-state index >= 15 is 0 Å². The first-order chi connectivity index (χ1) is 5.36. The fourth-order valence-corrected chi connectivity index (χ4v) is 1.49. The van der Waals surface area contributed by atoms with Gasteiger partial charge in [0.15, 0.2) is 5.58 Å². The monoisotopic (exact) mass is 166 g/mol. The Kier molecular flexibility index (Phi) is 1.44. The molecule has 1 aromatic heterocycles. The summed E-state index contributed by atoms with van der Waals surface area (Å²) >= 11 is 0. The van der Waals surface area contributed by atoms with Crippen LogP contribution in [0, 0.1) is 0 Å². The van der Waals surface area contributed by atoms with Crippen molar-refractivity contribution in [2.45, 2.75) is 0 Å². The fourth-order valence-electron chi connectivity index (χ4n) is 0.887. The Morgan fingerprint density at radius 3 is 3.09 bits per heavy atom. The average Bonchev–Trinajstić information content (AvgIpc) is 2.04. The number of fused-ring (bicyclic) bond motifs is 1. The highest BCUT2D eigenvalue weighted by atomic mass is 31.1. The van der Waals surface area contributed by atoms with Crippen LogP contribution in [0.1, 0.15) is 0 Å². The summed E-state index contributed by atoms with van der Waals surface area (Å²) in [6.07, 6.45) is 1.57. The minimum Gasteiger partial charge on any atom is -0.233 e. The predicted octanol–water partition coefficient (Wildman–Crippen LogP) is 2.57. The van der Waals surface area contributed by atoms with Gasteiger partial charge < -0.3 is 0 Å². The lowest BCUT2D eigenvalue weighted by Gasteiger charge is -1.84. The molecule has 0 N–H and O–H groups in total. The molecule has 0 aliphatic heterocycles. The van der Waals surface area contributed by atoms with Crippen LogP contribution in [0.4, 0.5) is 0 Å². The zero-order valence-electron chi connectivity index (χ0n) is 5.60. The van der Waals surface area contributed by atoms with Gasteiger partial charge >= 0.3 is 7.81 Å². The zero-order valence-corrected chi connectivity index (χ0v) is 6.49. The van der Waals surface area contributed by atoms with Crippen molar-refractivity contribution in [2.24, 2.45) is 0 Å². The van der Waals surface area contributed by atoms with E-state index in [1.165, 1.54) is 0 Å². The van der Waals surface area contributed by atoms with Crippen molar-refractivity contribution in [3.8, 4) is 0 Å². The lowest BCUT2D eigenvalue weighted by Crippen LogP contribution is -1.68. The van der Waals surface area contributed by atoms with Crippen LogP contribution in [-0.4, -0.2) is 4.75 Å². The van der Waals surface area contributed by atoms with Gasteiger partial charge in [0.2, 0.25) is 0 Å². The molecule has 11 heavy (non-hydrogen) atoms. The Morgan fingerprint density at radius 1 is 1.36 bits per heavy atom. The number of aromatic nitrogens is 1. The van der Waals surface area contributed by atoms with E-state index in [-0.39, 0.29) is 0 Å². The van der Waals surface area contributed by atoms with Crippen LogP contribution in [0.2, 0.25) is 0 Å². The molecule has 0 aliphatic carbocycles. The van der Waals surface area contributed by atoms with E-state index in [1.807, 2.05) is 18.2 Å². The van der Waals surface area contributed by atoms with Crippen LogP contribution in [-0.2, 0) is 4.57 Å². The van der Waals surface area contributed by atoms with Gasteiger partial charge in [0.25, 0.3) is 0 Å². The number of hydrogen-bond acceptors (Lipinski definition) is 3. The van der Waals surface area contributed by atoms with E-state index in [4.69, 9.17) is 4.20 Å². The maximum absolute atomic E-state index is 10.8. The summed E-state index contributed by atoms with van der Waals surface area (Å²) in [5, 5.41) is 0.877. The number of nitrogens with zero attached hydrogens (tertiary/aromatic N) is 1. The maximum Gasteiger partial charge on any atom is 0.720 e. The quantitative estimate of drug-likeness (QED) is 0.604. The molecular weight excluding hydrogens is 161 g/mol. The van der Waals surface area contributed by atoms with Gasteiger partial charge in [-0.15, -0.1) is 0 Å². The molecule has 0 aliphatic rings. The first kappa shape index (κ1) is 6.50. The molecule has 1 aromatic carbocycles. The average molecular weight is 166 g/mol. The molecule has 0 amide bonds. The highest BCUT2D eigenvalue weighted by Crippen LogP contribution is 2.17. The number of hydrogen-bond donors (Lipinski definition) is 0. The third kappa shape index (κ3) is 1.15. The molecule has 1 atom stereocenters. The van der Waals surface area contributed by atoms with Crippen LogP contribution in [0.15, 0.2) is 34.7 Å². The second-order valence-electron chi connectivity index (χ2n) is 2.11. The van der Waals surface area contributed by atoms with Gasteiger partial charge in [-0.25, -0.2) is 4.20 Å². The topological polar surface area (TPSA) is 43.1 Å². The molecule has 0 radical (unpaired) electrons. The molecule has 2 rings (SSSR count). The first-order valence-corrected chi connectivity index (χ1v) is 4.27. The van der Waals surface area contributed by atoms with E-state index in [9.17, 15) is 4.57 Å². The molecule has 4 heteroatoms. The molecule has 1 unspecified atom stereocenters. The molecule has 0 saturated carbocycles. The van der Waals surface area contributed by atoms with Crippen molar-refractivity contribution < 1.29 is 8.76 Å². The first-order valence-electron chi connectivity index (χ1n) is 3.14. The Balaban J connectivity index is 2.94. The van der Waals surface area contributed by atoms with Crippen LogP contribution < -0.4 is 0 Å². The number of para-hydroxylation sites is 1. The summed E-state index contributed by atoms with van der Waals surface area (Å²) in [7, 11) is -1.86. The van der Waals surface area contributed by atoms with Gasteiger partial charge in [-0.1, -0.05) is 12.1 Å². The summed E-state index contributed by atoms with van der Waals surface area (Å²) < 4.78 is 19.3. The van der Waals surface area contributed by atoms with Gasteiger partial charge in [-0.3, -0.25) is 0 Å². The van der Waals surface area contributed by atoms with E-state index < -0.39 is 7.81 Å². The SMILES string of the molecule is O=[p+]1ncc2ccccc2o1. The minimum absolute atomic E-state index is 0.642. The normalized spacial score (nSPS) is 11.8. The summed E-state index contributed by atoms with van der Waals surface area (Å²) in [5.74, 6) is 0. The van der Waals surface area contributed by atoms with Gasteiger partial charge in [-0.05, 0) is 12.1 Å². The van der Waals surface area contributed by atoms with Crippen molar-refractivity contribution in [3.05, 3.63) is 30.5 Å². The molecular formula is C7H5NO2P+. The molecule has 54 valence electrons. The Hall–Kier alpha value is -1.21. The van der Waals surface area contributed by atoms with Crippen molar-refractivity contribution in [1.82, 2.24) is 4.75 Å². The van der Waals surface area contributed by atoms with Crippen molar-refractivity contribution >= 4 is 18.8 Å². The van der Waals surface area contributed by atoms with Gasteiger partial charge in [0.05, 0.1) is 6.20 Å². The van der Waals surface area contributed by atoms with Crippen molar-refractivity contribution in [2.75, 3.05) is 0 Å². The molecule has 1 heterocycles. The standard InChI is InChI=1S/C7H5NO2P/c9-11-8-5-6-3-1-2-4-7(6)10-11/h1-5H/q+1. The number of rotatable bonds is 0. The molecule has 3 nitrogen and oxygen atoms in total. The van der Waals surface area contributed by atoms with E-state index in [0.717, 1.165) is 5.39 Å². The zero-order chi connectivity index (χ0) is 7.68. The summed E-state index contributed by atoms with van der Waals surface area (Å²) in [4.78, 5) is 0. The van der Waals surface area contributed by atoms with E-state index in [2.05, 4.69) is 4.75 Å². The maximum atomic E-state index is 10.8. The smallest absolute Gasteiger partial charge is 0.233 e. The molecule has 0 saturated heterocycles. The molecule has 0 fully saturated rings. The number of benzene rings is 1. The highest BCUT2D eigenvalue weighted by Gasteiger charge is 2.03. The Labute approximate surface area is 63.6 Å². The largest absolute Gasteiger partial charge is 0.720 e. The van der Waals surface area contributed by atoms with Crippen LogP contribution in [0.25, 0.3) is 11.0 Å². The van der Waals surface area contributed by atoms with E-state index in [1.54, 1.807) is 12.3 Å². The molecule has 0 spiro atoms. The second-order valence-corrected chi connectivity index (χ2v) is 3.00. The summed E-state index contributed by atoms with van der Waals surface area (Å²) in [5.41, 5.74) is 0.642. The lowest BCUT2D eigenvalue weighted by molar-refractivity contribution is 0.555. The van der Waals surface area contributed by atoms with Crippen LogP contribution in [0.3, 0.4) is 0 Å². The van der Waals surface area contributed by atoms with Crippen LogP contribution >= 0.6 is 7.81 Å². The highest BCUT2D eigenvalue weighted by molar-refractivity contribution is 7.25. The van der Waals surface area contributed by atoms with Crippen molar-refractivity contribution in [1.29, 1.82) is 0 Å². The van der Waals surface area contributed by atoms with E-state index in [0.29, 0.717) is 5.58 Å². The molecule has 0 bridgehead atoms. The third-order valence-electron chi connectivity index (χ3n) is 1.39. The fraction of sp³-hybridized carbons (Fsp3) is 0. The Morgan fingerprint density at radius 2 is 2.18 bits per heavy atom. The van der Waals surface area contributed by atoms with Gasteiger partial charge in [0.1, 0.15) is 0 Å². The minimum atomic E-state index is -1.86.